The van der Waals surface area contributed by atoms with E-state index < -0.39 is 0 Å². The maximum absolute atomic E-state index is 4.53. The number of hydrogen-bond acceptors (Lipinski definition) is 3. The molecule has 0 amide bonds. The number of nitrogens with zero attached hydrogens (tertiary/aromatic N) is 1. The van der Waals surface area contributed by atoms with Crippen molar-refractivity contribution in [1.29, 1.82) is 0 Å². The maximum atomic E-state index is 4.53. The van der Waals surface area contributed by atoms with Crippen molar-refractivity contribution in [1.82, 2.24) is 4.98 Å². The summed E-state index contributed by atoms with van der Waals surface area (Å²) in [5, 5.41) is 4.82. The molecule has 0 spiro atoms. The molecule has 1 unspecified atom stereocenters. The van der Waals surface area contributed by atoms with Gasteiger partial charge < -0.3 is 5.32 Å². The van der Waals surface area contributed by atoms with Crippen LogP contribution in [0.3, 0.4) is 0 Å². The van der Waals surface area contributed by atoms with Crippen LogP contribution in [-0.4, -0.2) is 22.5 Å². The van der Waals surface area contributed by atoms with Gasteiger partial charge in [0.25, 0.3) is 0 Å². The molecule has 4 heteroatoms. The summed E-state index contributed by atoms with van der Waals surface area (Å²) in [4.78, 5) is 4.53. The Morgan fingerprint density at radius 3 is 3.17 bits per heavy atom. The number of para-hydroxylation sites is 1. The lowest BCUT2D eigenvalue weighted by atomic mass is 10.1. The molecule has 1 saturated heterocycles. The first-order valence-electron chi connectivity index (χ1n) is 6.21. The summed E-state index contributed by atoms with van der Waals surface area (Å²) in [6.07, 6.45) is 4.44. The van der Waals surface area contributed by atoms with E-state index in [1.807, 2.05) is 18.0 Å². The third kappa shape index (κ3) is 2.64. The van der Waals surface area contributed by atoms with E-state index in [9.17, 15) is 0 Å². The molecule has 94 valence electrons. The third-order valence-electron chi connectivity index (χ3n) is 3.20. The summed E-state index contributed by atoms with van der Waals surface area (Å²) < 4.78 is 1.03. The van der Waals surface area contributed by atoms with Gasteiger partial charge in [0.05, 0.1) is 11.2 Å². The number of fused-ring (bicyclic) bond motifs is 1. The average Bonchev–Trinajstić information content (AvgIpc) is 2.40. The van der Waals surface area contributed by atoms with Gasteiger partial charge in [-0.2, -0.15) is 11.8 Å². The summed E-state index contributed by atoms with van der Waals surface area (Å²) in [5.41, 5.74) is 2.23. The standard InChI is InChI=1S/C14H15BrN2S/c15-11-7-10-3-1-5-13(14(10)16-8-11)17-12-4-2-6-18-9-12/h1,3,5,7-8,12,17H,2,4,6,9H2. The molecule has 0 aliphatic carbocycles. The summed E-state index contributed by atoms with van der Waals surface area (Å²) in [5.74, 6) is 2.51. The number of nitrogens with one attached hydrogen (secondary N) is 1. The molecule has 0 saturated carbocycles. The molecule has 2 heterocycles. The van der Waals surface area contributed by atoms with Crippen molar-refractivity contribution in [3.63, 3.8) is 0 Å². The van der Waals surface area contributed by atoms with Crippen molar-refractivity contribution in [3.8, 4) is 0 Å². The van der Waals surface area contributed by atoms with Gasteiger partial charge in [-0.1, -0.05) is 12.1 Å². The second kappa shape index (κ2) is 5.49. The third-order valence-corrected chi connectivity index (χ3v) is 4.85. The maximum Gasteiger partial charge on any atom is 0.0934 e. The van der Waals surface area contributed by atoms with Crippen LogP contribution < -0.4 is 5.32 Å². The number of halogens is 1. The molecule has 1 atom stereocenters. The summed E-state index contributed by atoms with van der Waals surface area (Å²) >= 11 is 5.51. The topological polar surface area (TPSA) is 24.9 Å². The van der Waals surface area contributed by atoms with Gasteiger partial charge in [-0.05, 0) is 46.7 Å². The minimum absolute atomic E-state index is 0.583. The Bertz CT molecular complexity index is 552. The molecule has 0 radical (unpaired) electrons. The van der Waals surface area contributed by atoms with Crippen LogP contribution in [0.2, 0.25) is 0 Å². The van der Waals surface area contributed by atoms with E-state index >= 15 is 0 Å². The zero-order chi connectivity index (χ0) is 12.4. The van der Waals surface area contributed by atoms with Crippen molar-refractivity contribution in [3.05, 3.63) is 34.9 Å². The lowest BCUT2D eigenvalue weighted by Gasteiger charge is -2.24. The van der Waals surface area contributed by atoms with Crippen LogP contribution in [0.15, 0.2) is 34.9 Å². The van der Waals surface area contributed by atoms with Gasteiger partial charge >= 0.3 is 0 Å². The minimum Gasteiger partial charge on any atom is -0.380 e. The van der Waals surface area contributed by atoms with E-state index in [-0.39, 0.29) is 0 Å². The molecule has 2 aromatic rings. The van der Waals surface area contributed by atoms with Crippen LogP contribution in [-0.2, 0) is 0 Å². The van der Waals surface area contributed by atoms with E-state index in [1.165, 1.54) is 29.7 Å². The molecule has 2 nitrogen and oxygen atoms in total. The fourth-order valence-electron chi connectivity index (χ4n) is 2.32. The average molecular weight is 323 g/mol. The molecule has 1 aliphatic rings. The van der Waals surface area contributed by atoms with Crippen LogP contribution in [0, 0.1) is 0 Å². The Balaban J connectivity index is 1.91. The van der Waals surface area contributed by atoms with Gasteiger partial charge in [-0.15, -0.1) is 0 Å². The van der Waals surface area contributed by atoms with Crippen molar-refractivity contribution in [2.24, 2.45) is 0 Å². The number of benzene rings is 1. The van der Waals surface area contributed by atoms with Crippen LogP contribution in [0.4, 0.5) is 5.69 Å². The second-order valence-electron chi connectivity index (χ2n) is 4.59. The largest absolute Gasteiger partial charge is 0.380 e. The Morgan fingerprint density at radius 1 is 1.39 bits per heavy atom. The molecule has 1 aromatic heterocycles. The first-order chi connectivity index (χ1) is 8.83. The Morgan fingerprint density at radius 2 is 2.33 bits per heavy atom. The van der Waals surface area contributed by atoms with Gasteiger partial charge in [0.15, 0.2) is 0 Å². The van der Waals surface area contributed by atoms with E-state index in [0.29, 0.717) is 6.04 Å². The molecular formula is C14H15BrN2S. The molecule has 1 aromatic carbocycles. The molecule has 1 fully saturated rings. The van der Waals surface area contributed by atoms with Crippen LogP contribution in [0.1, 0.15) is 12.8 Å². The Kier molecular flexibility index (Phi) is 3.75. The van der Waals surface area contributed by atoms with E-state index in [1.54, 1.807) is 0 Å². The van der Waals surface area contributed by atoms with Crippen molar-refractivity contribution >= 4 is 44.3 Å². The van der Waals surface area contributed by atoms with Crippen molar-refractivity contribution < 1.29 is 0 Å². The first-order valence-corrected chi connectivity index (χ1v) is 8.16. The number of thioether (sulfide) groups is 1. The number of pyridine rings is 1. The van der Waals surface area contributed by atoms with Crippen LogP contribution in [0.25, 0.3) is 10.9 Å². The number of rotatable bonds is 2. The highest BCUT2D eigenvalue weighted by Gasteiger charge is 2.14. The fraction of sp³-hybridized carbons (Fsp3) is 0.357. The highest BCUT2D eigenvalue weighted by atomic mass is 79.9. The number of aromatic nitrogens is 1. The minimum atomic E-state index is 0.583. The first kappa shape index (κ1) is 12.3. The lowest BCUT2D eigenvalue weighted by molar-refractivity contribution is 0.686. The molecule has 0 bridgehead atoms. The molecule has 3 rings (SSSR count). The van der Waals surface area contributed by atoms with Gasteiger partial charge in [-0.3, -0.25) is 4.98 Å². The smallest absolute Gasteiger partial charge is 0.0934 e. The summed E-state index contributed by atoms with van der Waals surface area (Å²) in [6, 6.07) is 9.02. The van der Waals surface area contributed by atoms with Gasteiger partial charge in [-0.25, -0.2) is 0 Å². The highest BCUT2D eigenvalue weighted by molar-refractivity contribution is 9.10. The predicted octanol–water partition coefficient (Wildman–Crippen LogP) is 4.30. The predicted molar refractivity (Wildman–Crippen MR) is 83.4 cm³/mol. The fourth-order valence-corrected chi connectivity index (χ4v) is 3.75. The number of hydrogen-bond donors (Lipinski definition) is 1. The van der Waals surface area contributed by atoms with Gasteiger partial charge in [0, 0.05) is 27.9 Å². The lowest BCUT2D eigenvalue weighted by Crippen LogP contribution is -2.25. The van der Waals surface area contributed by atoms with E-state index in [2.05, 4.69) is 50.5 Å². The molecule has 1 aliphatic heterocycles. The molecule has 18 heavy (non-hydrogen) atoms. The van der Waals surface area contributed by atoms with Crippen LogP contribution >= 0.6 is 27.7 Å². The van der Waals surface area contributed by atoms with Crippen LogP contribution in [0.5, 0.6) is 0 Å². The Hall–Kier alpha value is -0.740. The molecular weight excluding hydrogens is 308 g/mol. The highest BCUT2D eigenvalue weighted by Crippen LogP contribution is 2.27. The zero-order valence-corrected chi connectivity index (χ0v) is 12.4. The quantitative estimate of drug-likeness (QED) is 0.892. The van der Waals surface area contributed by atoms with E-state index in [4.69, 9.17) is 0 Å². The van der Waals surface area contributed by atoms with Crippen molar-refractivity contribution in [2.75, 3.05) is 16.8 Å². The molecule has 1 N–H and O–H groups in total. The monoisotopic (exact) mass is 322 g/mol. The SMILES string of the molecule is Brc1cnc2c(NC3CCCSC3)cccc2c1. The zero-order valence-electron chi connectivity index (χ0n) is 10.0. The normalized spacial score (nSPS) is 19.9. The van der Waals surface area contributed by atoms with E-state index in [0.717, 1.165) is 15.7 Å². The van der Waals surface area contributed by atoms with Gasteiger partial charge in [0.1, 0.15) is 0 Å². The summed E-state index contributed by atoms with van der Waals surface area (Å²) in [6.45, 7) is 0. The second-order valence-corrected chi connectivity index (χ2v) is 6.65. The number of anilines is 1. The summed E-state index contributed by atoms with van der Waals surface area (Å²) in [7, 11) is 0. The van der Waals surface area contributed by atoms with Crippen molar-refractivity contribution in [2.45, 2.75) is 18.9 Å². The Labute approximate surface area is 120 Å². The van der Waals surface area contributed by atoms with Gasteiger partial charge in [0.2, 0.25) is 0 Å².